The van der Waals surface area contributed by atoms with Crippen LogP contribution in [0.1, 0.15) is 22.2 Å². The molecular formula is C20H22N2O2S. The molecule has 2 N–H and O–H groups in total. The van der Waals surface area contributed by atoms with Crippen molar-refractivity contribution in [1.29, 1.82) is 0 Å². The lowest BCUT2D eigenvalue weighted by Gasteiger charge is -2.04. The molecule has 1 aromatic carbocycles. The Morgan fingerprint density at radius 2 is 2.16 bits per heavy atom. The molecule has 3 aromatic rings. The van der Waals surface area contributed by atoms with Crippen molar-refractivity contribution in [3.05, 3.63) is 57.9 Å². The van der Waals surface area contributed by atoms with Gasteiger partial charge in [-0.25, -0.2) is 0 Å². The molecule has 1 amide bonds. The fraction of sp³-hybridized carbons (Fsp3) is 0.250. The van der Waals surface area contributed by atoms with Crippen LogP contribution in [0.4, 0.5) is 0 Å². The molecule has 3 rings (SSSR count). The van der Waals surface area contributed by atoms with Gasteiger partial charge in [-0.1, -0.05) is 0 Å². The first-order valence-electron chi connectivity index (χ1n) is 8.24. The number of thiophene rings is 1. The SMILES string of the molecule is COc1ccc2c(CCNC(=O)C=C(C)c3ccc(C)s3)c[nH]c2c1. The highest BCUT2D eigenvalue weighted by atomic mass is 32.1. The number of fused-ring (bicyclic) bond motifs is 1. The maximum Gasteiger partial charge on any atom is 0.244 e. The van der Waals surface area contributed by atoms with E-state index in [0.717, 1.165) is 33.5 Å². The van der Waals surface area contributed by atoms with Gasteiger partial charge in [0.25, 0.3) is 0 Å². The summed E-state index contributed by atoms with van der Waals surface area (Å²) in [7, 11) is 1.66. The Labute approximate surface area is 151 Å². The number of aromatic nitrogens is 1. The Balaban J connectivity index is 1.58. The first-order chi connectivity index (χ1) is 12.1. The van der Waals surface area contributed by atoms with Crippen LogP contribution in [0.15, 0.2) is 42.6 Å². The molecule has 0 fully saturated rings. The highest BCUT2D eigenvalue weighted by molar-refractivity contribution is 7.13. The summed E-state index contributed by atoms with van der Waals surface area (Å²) in [5.41, 5.74) is 3.23. The Hall–Kier alpha value is -2.53. The summed E-state index contributed by atoms with van der Waals surface area (Å²) in [4.78, 5) is 17.7. The van der Waals surface area contributed by atoms with Crippen LogP contribution in [-0.4, -0.2) is 24.5 Å². The molecule has 0 bridgehead atoms. The highest BCUT2D eigenvalue weighted by Crippen LogP contribution is 2.24. The molecule has 0 saturated heterocycles. The van der Waals surface area contributed by atoms with Crippen LogP contribution in [0.5, 0.6) is 5.75 Å². The summed E-state index contributed by atoms with van der Waals surface area (Å²) >= 11 is 1.70. The van der Waals surface area contributed by atoms with Gasteiger partial charge in [-0.05, 0) is 55.7 Å². The van der Waals surface area contributed by atoms with Gasteiger partial charge in [0.05, 0.1) is 7.11 Å². The summed E-state index contributed by atoms with van der Waals surface area (Å²) < 4.78 is 5.24. The van der Waals surface area contributed by atoms with Crippen LogP contribution in [0.3, 0.4) is 0 Å². The third-order valence-corrected chi connectivity index (χ3v) is 5.28. The fourth-order valence-corrected chi connectivity index (χ4v) is 3.62. The van der Waals surface area contributed by atoms with Crippen LogP contribution in [0, 0.1) is 6.92 Å². The quantitative estimate of drug-likeness (QED) is 0.648. The number of hydrogen-bond acceptors (Lipinski definition) is 3. The number of carbonyl (C=O) groups excluding carboxylic acids is 1. The Bertz CT molecular complexity index is 921. The van der Waals surface area contributed by atoms with E-state index in [4.69, 9.17) is 4.74 Å². The van der Waals surface area contributed by atoms with Gasteiger partial charge in [-0.2, -0.15) is 0 Å². The molecule has 0 aliphatic heterocycles. The van der Waals surface area contributed by atoms with Crippen LogP contribution in [0.2, 0.25) is 0 Å². The van der Waals surface area contributed by atoms with E-state index in [-0.39, 0.29) is 5.91 Å². The van der Waals surface area contributed by atoms with Gasteiger partial charge in [0.1, 0.15) is 5.75 Å². The van der Waals surface area contributed by atoms with Crippen molar-refractivity contribution >= 4 is 33.7 Å². The highest BCUT2D eigenvalue weighted by Gasteiger charge is 2.06. The number of aromatic amines is 1. The van der Waals surface area contributed by atoms with E-state index in [2.05, 4.69) is 29.4 Å². The molecule has 0 saturated carbocycles. The molecular weight excluding hydrogens is 332 g/mol. The molecule has 0 aliphatic rings. The number of H-pyrrole nitrogens is 1. The van der Waals surface area contributed by atoms with Crippen LogP contribution < -0.4 is 10.1 Å². The van der Waals surface area contributed by atoms with Crippen LogP contribution in [-0.2, 0) is 11.2 Å². The van der Waals surface area contributed by atoms with E-state index in [1.165, 1.54) is 10.4 Å². The number of methoxy groups -OCH3 is 1. The van der Waals surface area contributed by atoms with Crippen molar-refractivity contribution in [2.75, 3.05) is 13.7 Å². The zero-order valence-corrected chi connectivity index (χ0v) is 15.5. The second kappa shape index (κ2) is 7.57. The Morgan fingerprint density at radius 3 is 2.88 bits per heavy atom. The van der Waals surface area contributed by atoms with Gasteiger partial charge in [0.2, 0.25) is 5.91 Å². The summed E-state index contributed by atoms with van der Waals surface area (Å²) in [6, 6.07) is 10.1. The number of ether oxygens (including phenoxy) is 1. The number of nitrogens with one attached hydrogen (secondary N) is 2. The molecule has 2 aromatic heterocycles. The van der Waals surface area contributed by atoms with Crippen molar-refractivity contribution in [1.82, 2.24) is 10.3 Å². The number of carbonyl (C=O) groups is 1. The molecule has 5 heteroatoms. The van der Waals surface area contributed by atoms with Gasteiger partial charge in [0, 0.05) is 45.5 Å². The molecule has 4 nitrogen and oxygen atoms in total. The second-order valence-electron chi connectivity index (χ2n) is 6.00. The predicted octanol–water partition coefficient (Wildman–Crippen LogP) is 4.31. The van der Waals surface area contributed by atoms with Crippen molar-refractivity contribution in [3.63, 3.8) is 0 Å². The average Bonchev–Trinajstić information content (AvgIpc) is 3.21. The third kappa shape index (κ3) is 4.12. The zero-order chi connectivity index (χ0) is 17.8. The topological polar surface area (TPSA) is 54.1 Å². The second-order valence-corrected chi connectivity index (χ2v) is 7.29. The van der Waals surface area contributed by atoms with Crippen LogP contribution >= 0.6 is 11.3 Å². The summed E-state index contributed by atoms with van der Waals surface area (Å²) in [5, 5.41) is 4.13. The van der Waals surface area contributed by atoms with Crippen molar-refractivity contribution in [2.24, 2.45) is 0 Å². The standard InChI is InChI=1S/C20H22N2O2S/c1-13(19-7-4-14(2)25-19)10-20(23)21-9-8-15-12-22-18-11-16(24-3)5-6-17(15)18/h4-7,10-12,22H,8-9H2,1-3H3,(H,21,23). The predicted molar refractivity (Wildman–Crippen MR) is 104 cm³/mol. The van der Waals surface area contributed by atoms with Crippen molar-refractivity contribution in [2.45, 2.75) is 20.3 Å². The zero-order valence-electron chi connectivity index (χ0n) is 14.7. The average molecular weight is 354 g/mol. The fourth-order valence-electron chi connectivity index (χ4n) is 2.78. The molecule has 0 atom stereocenters. The largest absolute Gasteiger partial charge is 0.497 e. The lowest BCUT2D eigenvalue weighted by atomic mass is 10.1. The first kappa shape index (κ1) is 17.3. The molecule has 130 valence electrons. The number of benzene rings is 1. The van der Waals surface area contributed by atoms with Gasteiger partial charge in [-0.3, -0.25) is 4.79 Å². The number of rotatable bonds is 6. The normalized spacial score (nSPS) is 11.7. The van der Waals surface area contributed by atoms with E-state index in [1.807, 2.05) is 31.3 Å². The lowest BCUT2D eigenvalue weighted by Crippen LogP contribution is -2.23. The van der Waals surface area contributed by atoms with E-state index in [9.17, 15) is 4.79 Å². The Morgan fingerprint density at radius 1 is 1.32 bits per heavy atom. The molecule has 0 radical (unpaired) electrons. The molecule has 25 heavy (non-hydrogen) atoms. The smallest absolute Gasteiger partial charge is 0.244 e. The van der Waals surface area contributed by atoms with E-state index in [1.54, 1.807) is 24.5 Å². The number of aryl methyl sites for hydroxylation is 1. The van der Waals surface area contributed by atoms with Gasteiger partial charge in [0.15, 0.2) is 0 Å². The first-order valence-corrected chi connectivity index (χ1v) is 9.05. The third-order valence-electron chi connectivity index (χ3n) is 4.14. The van der Waals surface area contributed by atoms with E-state index in [0.29, 0.717) is 6.54 Å². The van der Waals surface area contributed by atoms with E-state index >= 15 is 0 Å². The lowest BCUT2D eigenvalue weighted by molar-refractivity contribution is -0.116. The minimum atomic E-state index is -0.0509. The summed E-state index contributed by atoms with van der Waals surface area (Å²) in [6.45, 7) is 4.64. The number of hydrogen-bond donors (Lipinski definition) is 2. The molecule has 2 heterocycles. The number of amides is 1. The monoisotopic (exact) mass is 354 g/mol. The maximum absolute atomic E-state index is 12.1. The number of allylic oxidation sites excluding steroid dienone is 1. The van der Waals surface area contributed by atoms with Gasteiger partial charge >= 0.3 is 0 Å². The minimum absolute atomic E-state index is 0.0509. The van der Waals surface area contributed by atoms with E-state index < -0.39 is 0 Å². The maximum atomic E-state index is 12.1. The Kier molecular flexibility index (Phi) is 5.24. The van der Waals surface area contributed by atoms with Crippen LogP contribution in [0.25, 0.3) is 16.5 Å². The molecule has 0 aliphatic carbocycles. The molecule has 0 unspecified atom stereocenters. The molecule has 0 spiro atoms. The minimum Gasteiger partial charge on any atom is -0.497 e. The summed E-state index contributed by atoms with van der Waals surface area (Å²) in [6.07, 6.45) is 4.44. The van der Waals surface area contributed by atoms with Crippen molar-refractivity contribution in [3.8, 4) is 5.75 Å². The summed E-state index contributed by atoms with van der Waals surface area (Å²) in [5.74, 6) is 0.781. The van der Waals surface area contributed by atoms with Gasteiger partial charge in [-0.15, -0.1) is 11.3 Å². The van der Waals surface area contributed by atoms with Gasteiger partial charge < -0.3 is 15.0 Å². The van der Waals surface area contributed by atoms with Crippen molar-refractivity contribution < 1.29 is 9.53 Å².